The Balaban J connectivity index is 2.17. The zero-order chi connectivity index (χ0) is 12.3. The van der Waals surface area contributed by atoms with Crippen molar-refractivity contribution in [3.05, 3.63) is 34.4 Å². The third-order valence-corrected chi connectivity index (χ3v) is 2.69. The molecule has 0 atom stereocenters. The zero-order valence-corrected chi connectivity index (χ0v) is 9.57. The summed E-state index contributed by atoms with van der Waals surface area (Å²) < 4.78 is 0. The van der Waals surface area contributed by atoms with Crippen LogP contribution in [0.2, 0.25) is 0 Å². The fourth-order valence-corrected chi connectivity index (χ4v) is 1.84. The monoisotopic (exact) mass is 250 g/mol. The van der Waals surface area contributed by atoms with Gasteiger partial charge in [-0.3, -0.25) is 0 Å². The molecule has 0 aliphatic carbocycles. The Kier molecular flexibility index (Phi) is 3.20. The molecule has 0 aliphatic heterocycles. The van der Waals surface area contributed by atoms with E-state index in [1.807, 2.05) is 5.38 Å². The molecule has 0 fully saturated rings. The summed E-state index contributed by atoms with van der Waals surface area (Å²) in [5.74, 6) is -0.773. The van der Waals surface area contributed by atoms with Crippen molar-refractivity contribution in [2.45, 2.75) is 6.54 Å². The number of nitrogens with one attached hydrogen (secondary N) is 1. The smallest absolute Gasteiger partial charge is 0.339 e. The van der Waals surface area contributed by atoms with Crippen LogP contribution in [0, 0.1) is 0 Å². The van der Waals surface area contributed by atoms with Gasteiger partial charge in [-0.1, -0.05) is 0 Å². The Morgan fingerprint density at radius 2 is 2.35 bits per heavy atom. The third kappa shape index (κ3) is 2.70. The van der Waals surface area contributed by atoms with E-state index >= 15 is 0 Å². The normalized spacial score (nSPS) is 10.1. The lowest BCUT2D eigenvalue weighted by Crippen LogP contribution is -2.09. The number of nitrogen functional groups attached to an aromatic ring is 1. The van der Waals surface area contributed by atoms with Crippen LogP contribution < -0.4 is 11.1 Å². The average molecular weight is 250 g/mol. The van der Waals surface area contributed by atoms with Crippen LogP contribution in [0.4, 0.5) is 11.5 Å². The molecule has 88 valence electrons. The van der Waals surface area contributed by atoms with Gasteiger partial charge in [0.2, 0.25) is 0 Å². The first-order valence-electron chi connectivity index (χ1n) is 4.76. The van der Waals surface area contributed by atoms with Crippen LogP contribution >= 0.6 is 11.3 Å². The molecule has 0 aromatic carbocycles. The number of carboxylic acid groups (broad SMARTS) is 1. The Labute approximate surface area is 101 Å². The molecular weight excluding hydrogens is 240 g/mol. The van der Waals surface area contributed by atoms with Gasteiger partial charge < -0.3 is 16.2 Å². The van der Waals surface area contributed by atoms with Gasteiger partial charge in [-0.25, -0.2) is 14.8 Å². The third-order valence-electron chi connectivity index (χ3n) is 2.06. The van der Waals surface area contributed by atoms with Crippen molar-refractivity contribution in [3.63, 3.8) is 0 Å². The molecule has 2 aromatic heterocycles. The molecule has 6 nitrogen and oxygen atoms in total. The molecule has 0 bridgehead atoms. The SMILES string of the molecule is Nc1cnc(NCc2cscn2)c(C(=O)O)c1. The maximum atomic E-state index is 11.0. The lowest BCUT2D eigenvalue weighted by Gasteiger charge is -2.07. The quantitative estimate of drug-likeness (QED) is 0.758. The Morgan fingerprint density at radius 3 is 3.00 bits per heavy atom. The molecule has 0 unspecified atom stereocenters. The van der Waals surface area contributed by atoms with Gasteiger partial charge in [0, 0.05) is 5.38 Å². The maximum absolute atomic E-state index is 11.0. The number of aromatic nitrogens is 2. The highest BCUT2D eigenvalue weighted by Crippen LogP contribution is 2.16. The second-order valence-electron chi connectivity index (χ2n) is 3.30. The van der Waals surface area contributed by atoms with E-state index in [1.165, 1.54) is 23.6 Å². The number of hydrogen-bond acceptors (Lipinski definition) is 6. The van der Waals surface area contributed by atoms with Gasteiger partial charge in [0.05, 0.1) is 29.6 Å². The topological polar surface area (TPSA) is 101 Å². The van der Waals surface area contributed by atoms with Crippen molar-refractivity contribution >= 4 is 28.8 Å². The van der Waals surface area contributed by atoms with Gasteiger partial charge in [-0.05, 0) is 6.07 Å². The minimum absolute atomic E-state index is 0.0558. The number of hydrogen-bond donors (Lipinski definition) is 3. The van der Waals surface area contributed by atoms with Gasteiger partial charge in [0.15, 0.2) is 0 Å². The Hall–Kier alpha value is -2.15. The van der Waals surface area contributed by atoms with Crippen molar-refractivity contribution in [1.82, 2.24) is 9.97 Å². The van der Waals surface area contributed by atoms with Crippen molar-refractivity contribution in [1.29, 1.82) is 0 Å². The van der Waals surface area contributed by atoms with Gasteiger partial charge in [-0.15, -0.1) is 11.3 Å². The fraction of sp³-hybridized carbons (Fsp3) is 0.100. The van der Waals surface area contributed by atoms with Crippen molar-refractivity contribution in [2.24, 2.45) is 0 Å². The number of carboxylic acids is 1. The fourth-order valence-electron chi connectivity index (χ4n) is 1.28. The molecule has 2 heterocycles. The minimum Gasteiger partial charge on any atom is -0.478 e. The Bertz CT molecular complexity index is 527. The van der Waals surface area contributed by atoms with Crippen LogP contribution in [0.1, 0.15) is 16.1 Å². The number of rotatable bonds is 4. The summed E-state index contributed by atoms with van der Waals surface area (Å²) in [7, 11) is 0. The van der Waals surface area contributed by atoms with Crippen LogP contribution in [0.15, 0.2) is 23.2 Å². The molecule has 0 radical (unpaired) electrons. The summed E-state index contributed by atoms with van der Waals surface area (Å²) in [6, 6.07) is 1.37. The minimum atomic E-state index is -1.06. The first-order valence-corrected chi connectivity index (χ1v) is 5.71. The summed E-state index contributed by atoms with van der Waals surface area (Å²) >= 11 is 1.48. The van der Waals surface area contributed by atoms with Crippen LogP contribution in [0.5, 0.6) is 0 Å². The second kappa shape index (κ2) is 4.79. The molecule has 2 aromatic rings. The molecule has 17 heavy (non-hydrogen) atoms. The number of pyridine rings is 1. The van der Waals surface area contributed by atoms with Crippen LogP contribution in [-0.4, -0.2) is 21.0 Å². The number of anilines is 2. The summed E-state index contributed by atoms with van der Waals surface area (Å²) in [4.78, 5) is 19.0. The predicted molar refractivity (Wildman–Crippen MR) is 65.0 cm³/mol. The number of nitrogens with two attached hydrogens (primary N) is 1. The molecule has 0 saturated carbocycles. The predicted octanol–water partition coefficient (Wildman–Crippen LogP) is 1.43. The molecule has 2 rings (SSSR count). The summed E-state index contributed by atoms with van der Waals surface area (Å²) in [5, 5.41) is 13.8. The van der Waals surface area contributed by atoms with Gasteiger partial charge >= 0.3 is 5.97 Å². The standard InChI is InChI=1S/C10H10N4O2S/c11-6-1-8(10(15)16)9(12-2-6)13-3-7-4-17-5-14-7/h1-2,4-5H,3,11H2,(H,12,13)(H,15,16). The summed E-state index contributed by atoms with van der Waals surface area (Å²) in [6.45, 7) is 0.431. The van der Waals surface area contributed by atoms with Gasteiger partial charge in [0.25, 0.3) is 0 Å². The second-order valence-corrected chi connectivity index (χ2v) is 4.02. The van der Waals surface area contributed by atoms with E-state index in [9.17, 15) is 4.79 Å². The lowest BCUT2D eigenvalue weighted by atomic mass is 10.2. The summed E-state index contributed by atoms with van der Waals surface area (Å²) in [6.07, 6.45) is 1.41. The zero-order valence-electron chi connectivity index (χ0n) is 8.75. The van der Waals surface area contributed by atoms with E-state index in [-0.39, 0.29) is 5.56 Å². The largest absolute Gasteiger partial charge is 0.478 e. The molecule has 4 N–H and O–H groups in total. The molecule has 0 aliphatic rings. The van der Waals surface area contributed by atoms with Crippen molar-refractivity contribution in [3.8, 4) is 0 Å². The van der Waals surface area contributed by atoms with E-state index < -0.39 is 5.97 Å². The molecule has 0 saturated heterocycles. The number of nitrogens with zero attached hydrogens (tertiary/aromatic N) is 2. The molecule has 0 amide bonds. The molecular formula is C10H10N4O2S. The van der Waals surface area contributed by atoms with E-state index in [0.29, 0.717) is 18.1 Å². The first kappa shape index (κ1) is 11.3. The highest BCUT2D eigenvalue weighted by atomic mass is 32.1. The number of carbonyl (C=O) groups is 1. The highest BCUT2D eigenvalue weighted by Gasteiger charge is 2.11. The Morgan fingerprint density at radius 1 is 1.53 bits per heavy atom. The molecule has 0 spiro atoms. The number of thiazole rings is 1. The lowest BCUT2D eigenvalue weighted by molar-refractivity contribution is 0.0697. The average Bonchev–Trinajstić information content (AvgIpc) is 2.80. The van der Waals surface area contributed by atoms with Crippen LogP contribution in [-0.2, 0) is 6.54 Å². The van der Waals surface area contributed by atoms with E-state index in [2.05, 4.69) is 15.3 Å². The van der Waals surface area contributed by atoms with E-state index in [1.54, 1.807) is 5.51 Å². The summed E-state index contributed by atoms with van der Waals surface area (Å²) in [5.41, 5.74) is 8.42. The van der Waals surface area contributed by atoms with Crippen molar-refractivity contribution in [2.75, 3.05) is 11.1 Å². The van der Waals surface area contributed by atoms with Gasteiger partial charge in [-0.2, -0.15) is 0 Å². The van der Waals surface area contributed by atoms with Crippen molar-refractivity contribution < 1.29 is 9.90 Å². The van der Waals surface area contributed by atoms with E-state index in [4.69, 9.17) is 10.8 Å². The molecule has 7 heteroatoms. The van der Waals surface area contributed by atoms with Crippen LogP contribution in [0.25, 0.3) is 0 Å². The maximum Gasteiger partial charge on any atom is 0.339 e. The highest BCUT2D eigenvalue weighted by molar-refractivity contribution is 7.07. The van der Waals surface area contributed by atoms with Crippen LogP contribution in [0.3, 0.4) is 0 Å². The van der Waals surface area contributed by atoms with Gasteiger partial charge in [0.1, 0.15) is 11.4 Å². The number of aromatic carboxylic acids is 1. The first-order chi connectivity index (χ1) is 8.16. The van der Waals surface area contributed by atoms with E-state index in [0.717, 1.165) is 5.69 Å².